The normalized spacial score (nSPS) is 40.0. The fourth-order valence-corrected chi connectivity index (χ4v) is 3.39. The van der Waals surface area contributed by atoms with Crippen molar-refractivity contribution in [2.75, 3.05) is 26.2 Å². The lowest BCUT2D eigenvalue weighted by Gasteiger charge is -2.40. The lowest BCUT2D eigenvalue weighted by Crippen LogP contribution is -2.44. The Labute approximate surface area is 94.4 Å². The van der Waals surface area contributed by atoms with E-state index in [1.165, 1.54) is 51.9 Å². The molecule has 2 heteroatoms. The van der Waals surface area contributed by atoms with Gasteiger partial charge in [0.2, 0.25) is 0 Å². The second-order valence-corrected chi connectivity index (χ2v) is 5.60. The third kappa shape index (κ3) is 2.94. The summed E-state index contributed by atoms with van der Waals surface area (Å²) in [6.45, 7) is 9.86. The highest BCUT2D eigenvalue weighted by atomic mass is 15.2. The first-order valence-corrected chi connectivity index (χ1v) is 6.72. The minimum Gasteiger partial charge on any atom is -0.315 e. The Morgan fingerprint density at radius 2 is 1.93 bits per heavy atom. The number of hydrogen-bond acceptors (Lipinski definition) is 2. The van der Waals surface area contributed by atoms with Crippen molar-refractivity contribution in [3.63, 3.8) is 0 Å². The quantitative estimate of drug-likeness (QED) is 0.713. The van der Waals surface area contributed by atoms with Crippen LogP contribution in [-0.4, -0.2) is 37.1 Å². The third-order valence-corrected chi connectivity index (χ3v) is 4.23. The van der Waals surface area contributed by atoms with Crippen molar-refractivity contribution in [2.24, 2.45) is 11.8 Å². The topological polar surface area (TPSA) is 15.3 Å². The van der Waals surface area contributed by atoms with Gasteiger partial charge in [0.05, 0.1) is 0 Å². The zero-order chi connectivity index (χ0) is 10.7. The van der Waals surface area contributed by atoms with E-state index in [2.05, 4.69) is 24.1 Å². The molecule has 1 aliphatic heterocycles. The monoisotopic (exact) mass is 210 g/mol. The standard InChI is InChI=1S/C13H26N2/c1-11-4-5-13(12(2)10-11)15-8-3-6-14-7-9-15/h11-14H,3-10H2,1-2H3. The highest BCUT2D eigenvalue weighted by molar-refractivity contribution is 4.84. The van der Waals surface area contributed by atoms with Gasteiger partial charge in [0.25, 0.3) is 0 Å². The van der Waals surface area contributed by atoms with Crippen LogP contribution in [0, 0.1) is 11.8 Å². The molecule has 2 nitrogen and oxygen atoms in total. The molecular weight excluding hydrogens is 184 g/mol. The molecule has 0 aromatic carbocycles. The molecule has 0 bridgehead atoms. The molecule has 2 rings (SSSR count). The number of rotatable bonds is 1. The van der Waals surface area contributed by atoms with Crippen LogP contribution in [0.15, 0.2) is 0 Å². The predicted octanol–water partition coefficient (Wildman–Crippen LogP) is 2.11. The van der Waals surface area contributed by atoms with Crippen molar-refractivity contribution in [1.82, 2.24) is 10.2 Å². The van der Waals surface area contributed by atoms with Gasteiger partial charge in [-0.25, -0.2) is 0 Å². The molecular formula is C13H26N2. The van der Waals surface area contributed by atoms with Crippen molar-refractivity contribution in [2.45, 2.75) is 45.6 Å². The molecule has 3 atom stereocenters. The summed E-state index contributed by atoms with van der Waals surface area (Å²) in [5.74, 6) is 1.87. The average molecular weight is 210 g/mol. The Balaban J connectivity index is 1.90. The fraction of sp³-hybridized carbons (Fsp3) is 1.00. The molecule has 1 N–H and O–H groups in total. The molecule has 2 fully saturated rings. The van der Waals surface area contributed by atoms with Crippen LogP contribution < -0.4 is 5.32 Å². The maximum Gasteiger partial charge on any atom is 0.0122 e. The summed E-state index contributed by atoms with van der Waals surface area (Å²) in [6.07, 6.45) is 5.65. The van der Waals surface area contributed by atoms with Gasteiger partial charge in [0, 0.05) is 19.1 Å². The average Bonchev–Trinajstić information content (AvgIpc) is 2.46. The molecule has 0 radical (unpaired) electrons. The van der Waals surface area contributed by atoms with Gasteiger partial charge in [-0.15, -0.1) is 0 Å². The SMILES string of the molecule is CC1CCC(N2CCCNCC2)C(C)C1. The van der Waals surface area contributed by atoms with Crippen LogP contribution in [-0.2, 0) is 0 Å². The van der Waals surface area contributed by atoms with Gasteiger partial charge in [-0.2, -0.15) is 0 Å². The maximum atomic E-state index is 3.50. The van der Waals surface area contributed by atoms with E-state index >= 15 is 0 Å². The van der Waals surface area contributed by atoms with E-state index < -0.39 is 0 Å². The predicted molar refractivity (Wildman–Crippen MR) is 65.0 cm³/mol. The van der Waals surface area contributed by atoms with Crippen molar-refractivity contribution >= 4 is 0 Å². The van der Waals surface area contributed by atoms with Crippen LogP contribution in [0.2, 0.25) is 0 Å². The first kappa shape index (κ1) is 11.4. The molecule has 0 aromatic heterocycles. The van der Waals surface area contributed by atoms with Gasteiger partial charge in [-0.1, -0.05) is 13.8 Å². The van der Waals surface area contributed by atoms with Gasteiger partial charge in [-0.3, -0.25) is 4.90 Å². The summed E-state index contributed by atoms with van der Waals surface area (Å²) in [5, 5.41) is 3.50. The molecule has 0 aromatic rings. The number of nitrogens with one attached hydrogen (secondary N) is 1. The van der Waals surface area contributed by atoms with Crippen LogP contribution in [0.3, 0.4) is 0 Å². The van der Waals surface area contributed by atoms with E-state index in [4.69, 9.17) is 0 Å². The molecule has 1 aliphatic carbocycles. The van der Waals surface area contributed by atoms with Crippen LogP contribution in [0.1, 0.15) is 39.5 Å². The van der Waals surface area contributed by atoms with Crippen LogP contribution in [0.4, 0.5) is 0 Å². The highest BCUT2D eigenvalue weighted by Gasteiger charge is 2.29. The van der Waals surface area contributed by atoms with E-state index in [0.29, 0.717) is 0 Å². The Morgan fingerprint density at radius 3 is 2.73 bits per heavy atom. The van der Waals surface area contributed by atoms with Gasteiger partial charge in [-0.05, 0) is 50.6 Å². The molecule has 3 unspecified atom stereocenters. The first-order chi connectivity index (χ1) is 7.27. The maximum absolute atomic E-state index is 3.50. The summed E-state index contributed by atoms with van der Waals surface area (Å²) in [7, 11) is 0. The highest BCUT2D eigenvalue weighted by Crippen LogP contribution is 2.32. The summed E-state index contributed by atoms with van der Waals surface area (Å²) in [4.78, 5) is 2.75. The van der Waals surface area contributed by atoms with E-state index in [9.17, 15) is 0 Å². The largest absolute Gasteiger partial charge is 0.315 e. The zero-order valence-corrected chi connectivity index (χ0v) is 10.3. The van der Waals surface area contributed by atoms with Gasteiger partial charge in [0.15, 0.2) is 0 Å². The van der Waals surface area contributed by atoms with Crippen molar-refractivity contribution < 1.29 is 0 Å². The molecule has 1 saturated heterocycles. The molecule has 88 valence electrons. The Morgan fingerprint density at radius 1 is 1.07 bits per heavy atom. The fourth-order valence-electron chi connectivity index (χ4n) is 3.39. The number of nitrogens with zero attached hydrogens (tertiary/aromatic N) is 1. The van der Waals surface area contributed by atoms with Gasteiger partial charge >= 0.3 is 0 Å². The van der Waals surface area contributed by atoms with Crippen molar-refractivity contribution in [3.05, 3.63) is 0 Å². The summed E-state index contributed by atoms with van der Waals surface area (Å²) in [5.41, 5.74) is 0. The van der Waals surface area contributed by atoms with E-state index in [1.807, 2.05) is 0 Å². The Hall–Kier alpha value is -0.0800. The van der Waals surface area contributed by atoms with E-state index in [0.717, 1.165) is 17.9 Å². The van der Waals surface area contributed by atoms with Crippen LogP contribution in [0.25, 0.3) is 0 Å². The van der Waals surface area contributed by atoms with Crippen LogP contribution >= 0.6 is 0 Å². The minimum absolute atomic E-state index is 0.876. The van der Waals surface area contributed by atoms with Crippen LogP contribution in [0.5, 0.6) is 0 Å². The Kier molecular flexibility index (Phi) is 4.04. The van der Waals surface area contributed by atoms with E-state index in [-0.39, 0.29) is 0 Å². The Bertz CT molecular complexity index is 185. The van der Waals surface area contributed by atoms with Crippen molar-refractivity contribution in [3.8, 4) is 0 Å². The van der Waals surface area contributed by atoms with E-state index in [1.54, 1.807) is 0 Å². The third-order valence-electron chi connectivity index (χ3n) is 4.23. The molecule has 0 amide bonds. The second-order valence-electron chi connectivity index (χ2n) is 5.60. The number of hydrogen-bond donors (Lipinski definition) is 1. The molecule has 15 heavy (non-hydrogen) atoms. The minimum atomic E-state index is 0.876. The zero-order valence-electron chi connectivity index (χ0n) is 10.3. The van der Waals surface area contributed by atoms with Gasteiger partial charge < -0.3 is 5.32 Å². The van der Waals surface area contributed by atoms with Gasteiger partial charge in [0.1, 0.15) is 0 Å². The summed E-state index contributed by atoms with van der Waals surface area (Å²) in [6, 6.07) is 0.876. The summed E-state index contributed by atoms with van der Waals surface area (Å²) < 4.78 is 0. The molecule has 1 heterocycles. The second kappa shape index (κ2) is 5.31. The lowest BCUT2D eigenvalue weighted by atomic mass is 9.79. The lowest BCUT2D eigenvalue weighted by molar-refractivity contribution is 0.0993. The molecule has 0 spiro atoms. The summed E-state index contributed by atoms with van der Waals surface area (Å²) >= 11 is 0. The first-order valence-electron chi connectivity index (χ1n) is 6.72. The molecule has 1 saturated carbocycles. The molecule has 2 aliphatic rings. The smallest absolute Gasteiger partial charge is 0.0122 e. The van der Waals surface area contributed by atoms with Crippen molar-refractivity contribution in [1.29, 1.82) is 0 Å².